The topological polar surface area (TPSA) is 154 Å². The second-order valence-electron chi connectivity index (χ2n) is 40.2. The van der Waals surface area contributed by atoms with Crippen molar-refractivity contribution < 1.29 is 0 Å². The molecule has 14 rings (SSSR count). The molecule has 10 aromatic carbocycles. The van der Waals surface area contributed by atoms with Gasteiger partial charge in [0, 0.05) is 0 Å². The van der Waals surface area contributed by atoms with Gasteiger partial charge in [0.15, 0.2) is 48.9 Å². The van der Waals surface area contributed by atoms with Crippen LogP contribution in [-0.4, -0.2) is 0 Å². The molecule has 746 valence electrons. The first-order valence-electron chi connectivity index (χ1n) is 53.5. The minimum absolute atomic E-state index is 0.0839. The van der Waals surface area contributed by atoms with E-state index in [1.54, 1.807) is 30.3 Å². The standard InChI is InChI=1S/C22H36O.C20H32O.C15H14O.C14H18O.C13H16O.C12H14O.C12H16O.C11H12O.C11H14O/c1-3-4-5-6-7-8-9-10-11-12-13-14-17-21-18-15-16-20(2)22(23)19-21;1-3-4-5-6-7-8-9-10-11-12-15-19-16-13-14-18(2)20(21)17-19;1-11-6-8-13(9-7-11)14-5-3-4-12(2)15(16)10-14;1-11-6-5-9-13(10-14(11)15)12-7-3-2-4-8-12;1-10-5-4-8-12(9-13(10)14)11-6-2-3-7-11;1-9-4-2-7-11(8-12(9)13)10-5-3-6-10;1-4-9(2)11-7-5-6-10(3)12(13)8-11;1-8-3-2-4-10(7-11(8)12)9-5-6-9;1-8(2)10-6-4-5-9(3)11(12)7-10/h15-16,18-19H,3-14,17H2,1-2H3;13-14,16-17H,3-12,15H2,1-2H3;3-10H,1-2H3;5-6,9-10,12H,2-4,7-8H2,1H3;4-5,8-9,11H,2-3,6-7H2,1H3;2,4,7-8,10H,3,5-6H2,1H3;5-9H,4H2,1-3H3;2-4,7,9H,5-6H2,1H3;4-8H,1-3H3. The first-order chi connectivity index (χ1) is 67.0. The quantitative estimate of drug-likeness (QED) is 0.0375. The Hall–Kier alpha value is -10.8. The minimum atomic E-state index is 0.0839. The van der Waals surface area contributed by atoms with Gasteiger partial charge in [0.2, 0.25) is 0 Å². The van der Waals surface area contributed by atoms with E-state index in [9.17, 15) is 43.2 Å². The lowest BCUT2D eigenvalue weighted by molar-refractivity contribution is 0.420. The van der Waals surface area contributed by atoms with Crippen molar-refractivity contribution in [1.82, 2.24) is 0 Å². The van der Waals surface area contributed by atoms with Crippen LogP contribution in [0.5, 0.6) is 0 Å². The van der Waals surface area contributed by atoms with Gasteiger partial charge < -0.3 is 0 Å². The van der Waals surface area contributed by atoms with Crippen LogP contribution in [0, 0.1) is 69.2 Å². The Morgan fingerprint density at radius 3 is 0.777 bits per heavy atom. The number of benzene rings is 1. The van der Waals surface area contributed by atoms with E-state index in [4.69, 9.17) is 0 Å². The van der Waals surface area contributed by atoms with Gasteiger partial charge in [-0.25, -0.2) is 0 Å². The van der Waals surface area contributed by atoms with Crippen LogP contribution in [0.2, 0.25) is 0 Å². The van der Waals surface area contributed by atoms with Crippen molar-refractivity contribution in [2.24, 2.45) is 0 Å². The van der Waals surface area contributed by atoms with Gasteiger partial charge in [0.05, 0.1) is 0 Å². The van der Waals surface area contributed by atoms with Crippen molar-refractivity contribution in [2.75, 3.05) is 0 Å². The predicted octanol–water partition coefficient (Wildman–Crippen LogP) is 32.4. The van der Waals surface area contributed by atoms with E-state index in [2.05, 4.69) is 97.0 Å². The molecule has 139 heavy (non-hydrogen) atoms. The zero-order valence-electron chi connectivity index (χ0n) is 88.3. The molecule has 0 radical (unpaired) electrons. The molecule has 0 amide bonds. The smallest absolute Gasteiger partial charge is 0.182 e. The molecule has 4 saturated carbocycles. The SMILES string of the molecule is CCC(C)c1cccc(C)c(=O)c1.CCCCCCCCCCCCCCc1cccc(C)c(=O)c1.CCCCCCCCCCCCc1cccc(C)c(=O)c1.Cc1ccc(-c2cccc(C)c(=O)c2)cc1.Cc1cccc(C(C)C)cc1=O.Cc1cccc(C2CC2)cc1=O.Cc1cccc(C2CCC2)cc1=O.Cc1cccc(C2CCCC2)cc1=O.Cc1cccc(C2CCCCC2)cc1=O. The molecule has 0 saturated heterocycles. The maximum Gasteiger partial charge on any atom is 0.182 e. The van der Waals surface area contributed by atoms with Crippen LogP contribution < -0.4 is 48.9 Å². The summed E-state index contributed by atoms with van der Waals surface area (Å²) in [5.74, 6) is 3.47. The highest BCUT2D eigenvalue weighted by atomic mass is 16.1. The Labute approximate surface area is 837 Å². The van der Waals surface area contributed by atoms with Gasteiger partial charge in [0.1, 0.15) is 0 Å². The predicted molar refractivity (Wildman–Crippen MR) is 596 cm³/mol. The van der Waals surface area contributed by atoms with Crippen molar-refractivity contribution in [3.05, 3.63) is 435 Å². The fourth-order valence-electron chi connectivity index (χ4n) is 17.3. The molecule has 9 nitrogen and oxygen atoms in total. The molecule has 4 aliphatic rings. The van der Waals surface area contributed by atoms with E-state index >= 15 is 0 Å². The van der Waals surface area contributed by atoms with Gasteiger partial charge in [-0.15, -0.1) is 0 Å². The number of aryl methyl sites for hydroxylation is 12. The van der Waals surface area contributed by atoms with Gasteiger partial charge in [-0.3, -0.25) is 43.2 Å². The lowest BCUT2D eigenvalue weighted by Gasteiger charge is -2.24. The molecular weight excluding hydrogens is 1710 g/mol. The summed E-state index contributed by atoms with van der Waals surface area (Å²) in [5.41, 5.74) is 21.6. The normalized spacial score (nSPS) is 13.2. The Bertz CT molecular complexity index is 5750. The zero-order valence-corrected chi connectivity index (χ0v) is 88.3. The van der Waals surface area contributed by atoms with Crippen molar-refractivity contribution in [3.8, 4) is 11.1 Å². The summed E-state index contributed by atoms with van der Waals surface area (Å²) >= 11 is 0. The molecule has 0 aliphatic heterocycles. The Morgan fingerprint density at radius 2 is 0.475 bits per heavy atom. The lowest BCUT2D eigenvalue weighted by atomic mass is 9.80. The summed E-state index contributed by atoms with van der Waals surface area (Å²) < 4.78 is 0. The summed E-state index contributed by atoms with van der Waals surface area (Å²) in [5, 5.41) is 0. The maximum atomic E-state index is 11.8. The highest BCUT2D eigenvalue weighted by Gasteiger charge is 2.24. The molecule has 0 N–H and O–H groups in total. The minimum Gasteiger partial charge on any atom is -0.290 e. The summed E-state index contributed by atoms with van der Waals surface area (Å²) in [7, 11) is 0. The number of unbranched alkanes of at least 4 members (excludes halogenated alkanes) is 20. The fourth-order valence-corrected chi connectivity index (χ4v) is 17.3. The van der Waals surface area contributed by atoms with Crippen molar-refractivity contribution >= 4 is 0 Å². The van der Waals surface area contributed by atoms with Crippen molar-refractivity contribution in [2.45, 2.75) is 397 Å². The van der Waals surface area contributed by atoms with Crippen LogP contribution in [0.3, 0.4) is 0 Å². The third kappa shape index (κ3) is 47.4. The van der Waals surface area contributed by atoms with Gasteiger partial charge in [0.25, 0.3) is 0 Å². The number of rotatable bonds is 32. The molecule has 1 atom stereocenters. The third-order valence-corrected chi connectivity index (χ3v) is 27.8. The molecule has 0 spiro atoms. The second-order valence-corrected chi connectivity index (χ2v) is 40.2. The molecule has 10 aromatic rings. The van der Waals surface area contributed by atoms with E-state index in [1.165, 1.54) is 270 Å². The number of hydrogen-bond donors (Lipinski definition) is 0. The van der Waals surface area contributed by atoms with Gasteiger partial charge in [-0.1, -0.05) is 402 Å². The highest BCUT2D eigenvalue weighted by molar-refractivity contribution is 5.63. The zero-order chi connectivity index (χ0) is 101. The lowest BCUT2D eigenvalue weighted by Crippen LogP contribution is -2.10. The Morgan fingerprint density at radius 1 is 0.223 bits per heavy atom. The molecule has 0 aromatic heterocycles. The average molecular weight is 1880 g/mol. The summed E-state index contributed by atoms with van der Waals surface area (Å²) in [6.07, 6.45) is 51.2. The molecule has 4 fully saturated rings. The first-order valence-corrected chi connectivity index (χ1v) is 53.5. The molecule has 0 bridgehead atoms. The Kier molecular flexibility index (Phi) is 56.8. The molecule has 1 unspecified atom stereocenters. The molecule has 4 aliphatic carbocycles. The number of hydrogen-bond acceptors (Lipinski definition) is 9. The second kappa shape index (κ2) is 67.6. The first kappa shape index (κ1) is 117. The van der Waals surface area contributed by atoms with Crippen molar-refractivity contribution in [1.29, 1.82) is 0 Å². The molecule has 0 heterocycles. The summed E-state index contributed by atoms with van der Waals surface area (Å²) in [6, 6.07) is 77.6. The van der Waals surface area contributed by atoms with Gasteiger partial charge in [-0.05, 0) is 349 Å². The van der Waals surface area contributed by atoms with E-state index in [1.807, 2.05) is 226 Å². The third-order valence-electron chi connectivity index (χ3n) is 27.8. The fraction of sp³-hybridized carbons (Fsp3) is 0.469. The van der Waals surface area contributed by atoms with Gasteiger partial charge >= 0.3 is 0 Å². The monoisotopic (exact) mass is 1880 g/mol. The molecular formula is C130H172O9. The van der Waals surface area contributed by atoms with E-state index < -0.39 is 0 Å². The average Bonchev–Trinajstić information content (AvgIpc) is 1.68. The van der Waals surface area contributed by atoms with Crippen LogP contribution in [-0.2, 0) is 12.8 Å². The van der Waals surface area contributed by atoms with E-state index in [-0.39, 0.29) is 48.9 Å². The summed E-state index contributed by atoms with van der Waals surface area (Å²) in [4.78, 5) is 104. The van der Waals surface area contributed by atoms with Crippen LogP contribution >= 0.6 is 0 Å². The van der Waals surface area contributed by atoms with Crippen LogP contribution in [0.25, 0.3) is 11.1 Å². The van der Waals surface area contributed by atoms with Crippen LogP contribution in [0.4, 0.5) is 0 Å². The van der Waals surface area contributed by atoms with Crippen LogP contribution in [0.1, 0.15) is 415 Å². The van der Waals surface area contributed by atoms with Gasteiger partial charge in [-0.2, -0.15) is 0 Å². The molecule has 9 heteroatoms. The summed E-state index contributed by atoms with van der Waals surface area (Å²) in [6.45, 7) is 31.8. The van der Waals surface area contributed by atoms with Crippen LogP contribution in [0.15, 0.2) is 286 Å². The van der Waals surface area contributed by atoms with Crippen molar-refractivity contribution in [3.63, 3.8) is 0 Å². The Balaban J connectivity index is 0.000000242. The van der Waals surface area contributed by atoms with E-state index in [0.717, 1.165) is 91.6 Å². The highest BCUT2D eigenvalue weighted by Crippen LogP contribution is 2.40. The maximum absolute atomic E-state index is 11.8. The van der Waals surface area contributed by atoms with E-state index in [0.29, 0.717) is 35.5 Å². The largest absolute Gasteiger partial charge is 0.290 e.